The number of amides is 1. The van der Waals surface area contributed by atoms with Crippen LogP contribution in [0.5, 0.6) is 0 Å². The maximum atomic E-state index is 12.6. The van der Waals surface area contributed by atoms with Crippen molar-refractivity contribution in [2.45, 2.75) is 25.3 Å². The zero-order valence-electron chi connectivity index (χ0n) is 13.0. The van der Waals surface area contributed by atoms with Crippen molar-refractivity contribution in [2.24, 2.45) is 0 Å². The second kappa shape index (κ2) is 6.48. The smallest absolute Gasteiger partial charge is 0.227 e. The van der Waals surface area contributed by atoms with E-state index in [2.05, 4.69) is 16.4 Å². The first-order valence-electron chi connectivity index (χ1n) is 7.59. The minimum atomic E-state index is 0.188. The van der Waals surface area contributed by atoms with Crippen LogP contribution in [0.25, 0.3) is 0 Å². The Morgan fingerprint density at radius 2 is 2.32 bits per heavy atom. The van der Waals surface area contributed by atoms with E-state index in [1.54, 1.807) is 11.3 Å². The summed E-state index contributed by atoms with van der Waals surface area (Å²) in [4.78, 5) is 21.0. The molecular weight excluding hydrogens is 294 g/mol. The fourth-order valence-corrected chi connectivity index (χ4v) is 3.64. The molecule has 5 heteroatoms. The molecule has 22 heavy (non-hydrogen) atoms. The number of hydrogen-bond acceptors (Lipinski definition) is 4. The lowest BCUT2D eigenvalue weighted by Gasteiger charge is -2.26. The number of pyridine rings is 1. The van der Waals surface area contributed by atoms with Gasteiger partial charge in [-0.2, -0.15) is 11.3 Å². The van der Waals surface area contributed by atoms with E-state index < -0.39 is 0 Å². The van der Waals surface area contributed by atoms with E-state index in [4.69, 9.17) is 0 Å². The van der Waals surface area contributed by atoms with Crippen molar-refractivity contribution in [3.05, 3.63) is 46.3 Å². The minimum Gasteiger partial charge on any atom is -0.363 e. The van der Waals surface area contributed by atoms with Gasteiger partial charge in [-0.05, 0) is 52.9 Å². The lowest BCUT2D eigenvalue weighted by atomic mass is 10.1. The molecule has 4 nitrogen and oxygen atoms in total. The zero-order valence-corrected chi connectivity index (χ0v) is 13.8. The van der Waals surface area contributed by atoms with E-state index in [1.807, 2.05) is 47.6 Å². The summed E-state index contributed by atoms with van der Waals surface area (Å²) in [6.45, 7) is 0.854. The van der Waals surface area contributed by atoms with E-state index >= 15 is 0 Å². The first-order chi connectivity index (χ1) is 10.6. The van der Waals surface area contributed by atoms with Crippen molar-refractivity contribution in [2.75, 3.05) is 25.5 Å². The molecule has 0 bridgehead atoms. The van der Waals surface area contributed by atoms with Gasteiger partial charge in [-0.15, -0.1) is 0 Å². The summed E-state index contributed by atoms with van der Waals surface area (Å²) in [6, 6.07) is 6.35. The van der Waals surface area contributed by atoms with Gasteiger partial charge in [-0.1, -0.05) is 0 Å². The van der Waals surface area contributed by atoms with Crippen LogP contribution in [0.15, 0.2) is 35.2 Å². The minimum absolute atomic E-state index is 0.188. The van der Waals surface area contributed by atoms with Crippen molar-refractivity contribution in [1.82, 2.24) is 9.88 Å². The van der Waals surface area contributed by atoms with Gasteiger partial charge >= 0.3 is 0 Å². The normalized spacial score (nSPS) is 17.7. The highest BCUT2D eigenvalue weighted by molar-refractivity contribution is 7.07. The van der Waals surface area contributed by atoms with Crippen LogP contribution >= 0.6 is 11.3 Å². The van der Waals surface area contributed by atoms with Gasteiger partial charge in [-0.3, -0.25) is 4.79 Å². The van der Waals surface area contributed by atoms with E-state index in [1.165, 1.54) is 5.56 Å². The number of hydrogen-bond donors (Lipinski definition) is 0. The number of thiophene rings is 1. The molecule has 0 spiro atoms. The number of carbonyl (C=O) groups excluding carboxylic acids is 1. The SMILES string of the molecule is CN(C)c1cc([C@@H]2CCCN2C(=O)Cc2ccsc2)ccn1. The standard InChI is InChI=1S/C17H21N3OS/c1-19(2)16-11-14(5-7-18-16)15-4-3-8-20(15)17(21)10-13-6-9-22-12-13/h5-7,9,11-12,15H,3-4,8,10H2,1-2H3/t15-/m0/s1. The van der Waals surface area contributed by atoms with Crippen LogP contribution in [0, 0.1) is 0 Å². The summed E-state index contributed by atoms with van der Waals surface area (Å²) in [6.07, 6.45) is 4.45. The molecule has 1 saturated heterocycles. The van der Waals surface area contributed by atoms with Crippen molar-refractivity contribution in [3.63, 3.8) is 0 Å². The molecule has 2 aromatic heterocycles. The molecule has 1 aliphatic rings. The van der Waals surface area contributed by atoms with Gasteiger partial charge in [0.15, 0.2) is 0 Å². The average Bonchev–Trinajstić information content (AvgIpc) is 3.18. The van der Waals surface area contributed by atoms with E-state index in [9.17, 15) is 4.79 Å². The predicted molar refractivity (Wildman–Crippen MR) is 90.3 cm³/mol. The van der Waals surface area contributed by atoms with E-state index in [0.717, 1.165) is 30.8 Å². The molecule has 1 aliphatic heterocycles. The molecule has 116 valence electrons. The molecule has 0 radical (unpaired) electrons. The van der Waals surface area contributed by atoms with Gasteiger partial charge in [-0.25, -0.2) is 4.98 Å². The Hall–Kier alpha value is -1.88. The van der Waals surface area contributed by atoms with Crippen molar-refractivity contribution in [3.8, 4) is 0 Å². The number of aromatic nitrogens is 1. The third-order valence-electron chi connectivity index (χ3n) is 4.12. The van der Waals surface area contributed by atoms with Crippen molar-refractivity contribution in [1.29, 1.82) is 0 Å². The summed E-state index contributed by atoms with van der Waals surface area (Å²) in [5, 5.41) is 4.08. The first kappa shape index (κ1) is 15.0. The van der Waals surface area contributed by atoms with Gasteiger partial charge in [0.2, 0.25) is 5.91 Å². The first-order valence-corrected chi connectivity index (χ1v) is 8.53. The van der Waals surface area contributed by atoms with Crippen LogP contribution in [0.3, 0.4) is 0 Å². The number of nitrogens with zero attached hydrogens (tertiary/aromatic N) is 3. The van der Waals surface area contributed by atoms with Crippen LogP contribution in [-0.4, -0.2) is 36.4 Å². The second-order valence-electron chi connectivity index (χ2n) is 5.90. The van der Waals surface area contributed by atoms with E-state index in [0.29, 0.717) is 6.42 Å². The van der Waals surface area contributed by atoms with Gasteiger partial charge in [0.25, 0.3) is 0 Å². The average molecular weight is 315 g/mol. The molecule has 3 rings (SSSR count). The maximum Gasteiger partial charge on any atom is 0.227 e. The van der Waals surface area contributed by atoms with Crippen LogP contribution in [0.1, 0.15) is 30.0 Å². The van der Waals surface area contributed by atoms with Gasteiger partial charge < -0.3 is 9.80 Å². The number of likely N-dealkylation sites (tertiary alicyclic amines) is 1. The summed E-state index contributed by atoms with van der Waals surface area (Å²) in [7, 11) is 3.97. The topological polar surface area (TPSA) is 36.4 Å². The van der Waals surface area contributed by atoms with Gasteiger partial charge in [0.05, 0.1) is 12.5 Å². The van der Waals surface area contributed by atoms with Crippen LogP contribution < -0.4 is 4.90 Å². The monoisotopic (exact) mass is 315 g/mol. The molecule has 3 heterocycles. The Bertz CT molecular complexity index is 639. The molecule has 1 amide bonds. The molecular formula is C17H21N3OS. The summed E-state index contributed by atoms with van der Waals surface area (Å²) in [5.74, 6) is 1.17. The largest absolute Gasteiger partial charge is 0.363 e. The predicted octanol–water partition coefficient (Wildman–Crippen LogP) is 3.12. The Labute approximate surface area is 135 Å². The maximum absolute atomic E-state index is 12.6. The second-order valence-corrected chi connectivity index (χ2v) is 6.68. The lowest BCUT2D eigenvalue weighted by Crippen LogP contribution is -2.31. The highest BCUT2D eigenvalue weighted by atomic mass is 32.1. The Morgan fingerprint density at radius 3 is 3.05 bits per heavy atom. The van der Waals surface area contributed by atoms with Crippen LogP contribution in [0.4, 0.5) is 5.82 Å². The Morgan fingerprint density at radius 1 is 1.45 bits per heavy atom. The summed E-state index contributed by atoms with van der Waals surface area (Å²) < 4.78 is 0. The number of anilines is 1. The van der Waals surface area contributed by atoms with E-state index in [-0.39, 0.29) is 11.9 Å². The van der Waals surface area contributed by atoms with Crippen molar-refractivity contribution < 1.29 is 4.79 Å². The summed E-state index contributed by atoms with van der Waals surface area (Å²) in [5.41, 5.74) is 2.30. The highest BCUT2D eigenvalue weighted by Gasteiger charge is 2.30. The van der Waals surface area contributed by atoms with Gasteiger partial charge in [0.1, 0.15) is 5.82 Å². The Kier molecular flexibility index (Phi) is 4.43. The summed E-state index contributed by atoms with van der Waals surface area (Å²) >= 11 is 1.64. The molecule has 0 aliphatic carbocycles. The van der Waals surface area contributed by atoms with Crippen molar-refractivity contribution >= 4 is 23.1 Å². The molecule has 2 aromatic rings. The van der Waals surface area contributed by atoms with Gasteiger partial charge in [0, 0.05) is 26.8 Å². The molecule has 0 saturated carbocycles. The van der Waals surface area contributed by atoms with Crippen LogP contribution in [-0.2, 0) is 11.2 Å². The molecule has 0 N–H and O–H groups in total. The third-order valence-corrected chi connectivity index (χ3v) is 4.85. The highest BCUT2D eigenvalue weighted by Crippen LogP contribution is 2.33. The lowest BCUT2D eigenvalue weighted by molar-refractivity contribution is -0.131. The zero-order chi connectivity index (χ0) is 15.5. The number of carbonyl (C=O) groups is 1. The molecule has 1 atom stereocenters. The molecule has 0 aromatic carbocycles. The quantitative estimate of drug-likeness (QED) is 0.870. The van der Waals surface area contributed by atoms with Crippen LogP contribution in [0.2, 0.25) is 0 Å². The fourth-order valence-electron chi connectivity index (χ4n) is 2.97. The number of rotatable bonds is 4. The fraction of sp³-hybridized carbons (Fsp3) is 0.412. The molecule has 0 unspecified atom stereocenters. The molecule has 1 fully saturated rings. The Balaban J connectivity index is 1.78. The third kappa shape index (κ3) is 3.14.